The van der Waals surface area contributed by atoms with Gasteiger partial charge in [0.15, 0.2) is 5.13 Å². The second-order valence-corrected chi connectivity index (χ2v) is 7.64. The number of halogens is 1. The van der Waals surface area contributed by atoms with E-state index < -0.39 is 0 Å². The lowest BCUT2D eigenvalue weighted by atomic mass is 10.2. The van der Waals surface area contributed by atoms with Gasteiger partial charge in [0.05, 0.1) is 11.3 Å². The number of rotatable bonds is 4. The summed E-state index contributed by atoms with van der Waals surface area (Å²) in [7, 11) is 0. The average molecular weight is 406 g/mol. The fourth-order valence-corrected chi connectivity index (χ4v) is 3.94. The van der Waals surface area contributed by atoms with E-state index in [1.807, 2.05) is 32.2 Å². The summed E-state index contributed by atoms with van der Waals surface area (Å²) in [6.45, 7) is 5.87. The smallest absolute Gasteiger partial charge is 0.259 e. The lowest BCUT2D eigenvalue weighted by molar-refractivity contribution is 0.102. The second kappa shape index (κ2) is 7.60. The Morgan fingerprint density at radius 3 is 2.55 bits per heavy atom. The van der Waals surface area contributed by atoms with Crippen LogP contribution < -0.4 is 5.32 Å². The fraction of sp³-hybridized carbons (Fsp3) is 0.136. The van der Waals surface area contributed by atoms with Crippen LogP contribution in [0.4, 0.5) is 9.52 Å². The van der Waals surface area contributed by atoms with Crippen LogP contribution in [0.3, 0.4) is 0 Å². The summed E-state index contributed by atoms with van der Waals surface area (Å²) < 4.78 is 15.3. The predicted molar refractivity (Wildman–Crippen MR) is 113 cm³/mol. The molecule has 4 aromatic rings. The number of amides is 1. The van der Waals surface area contributed by atoms with Gasteiger partial charge in [-0.1, -0.05) is 0 Å². The molecule has 3 aromatic heterocycles. The molecule has 0 aliphatic heterocycles. The molecular weight excluding hydrogens is 387 g/mol. The van der Waals surface area contributed by atoms with Gasteiger partial charge in [-0.15, -0.1) is 11.3 Å². The van der Waals surface area contributed by atoms with Crippen molar-refractivity contribution >= 4 is 22.4 Å². The molecule has 0 fully saturated rings. The van der Waals surface area contributed by atoms with Gasteiger partial charge in [0, 0.05) is 39.9 Å². The lowest BCUT2D eigenvalue weighted by Crippen LogP contribution is -2.12. The number of carbonyl (C=O) groups excluding carboxylic acids is 1. The molecule has 1 aromatic carbocycles. The van der Waals surface area contributed by atoms with Gasteiger partial charge in [0.1, 0.15) is 5.82 Å². The average Bonchev–Trinajstić information content (AvgIpc) is 3.27. The third-order valence-electron chi connectivity index (χ3n) is 4.69. The number of benzene rings is 1. The van der Waals surface area contributed by atoms with Crippen molar-refractivity contribution in [1.82, 2.24) is 14.5 Å². The Bertz CT molecular complexity index is 1180. The summed E-state index contributed by atoms with van der Waals surface area (Å²) in [5.41, 5.74) is 6.02. The van der Waals surface area contributed by atoms with E-state index in [1.54, 1.807) is 30.5 Å². The van der Waals surface area contributed by atoms with E-state index in [0.29, 0.717) is 10.7 Å². The molecule has 1 amide bonds. The highest BCUT2D eigenvalue weighted by Gasteiger charge is 2.16. The monoisotopic (exact) mass is 406 g/mol. The maximum Gasteiger partial charge on any atom is 0.259 e. The molecule has 0 atom stereocenters. The Labute approximate surface area is 171 Å². The third-order valence-corrected chi connectivity index (χ3v) is 5.45. The summed E-state index contributed by atoms with van der Waals surface area (Å²) in [6.07, 6.45) is 1.55. The number of carbonyl (C=O) groups is 1. The molecule has 29 heavy (non-hydrogen) atoms. The molecule has 3 heterocycles. The maximum atomic E-state index is 13.3. The Balaban J connectivity index is 1.60. The molecule has 0 spiro atoms. The van der Waals surface area contributed by atoms with Gasteiger partial charge in [-0.2, -0.15) is 0 Å². The number of nitrogens with zero attached hydrogens (tertiary/aromatic N) is 3. The molecule has 0 aliphatic carbocycles. The van der Waals surface area contributed by atoms with Crippen molar-refractivity contribution in [2.45, 2.75) is 20.8 Å². The van der Waals surface area contributed by atoms with Gasteiger partial charge in [-0.3, -0.25) is 15.1 Å². The molecular formula is C22H19FN4OS. The SMILES string of the molecule is Cc1ccc(C(=O)Nc2nc(-c3cc(C)n(-c4ccc(F)cc4)c3C)cs2)cn1. The van der Waals surface area contributed by atoms with Gasteiger partial charge >= 0.3 is 0 Å². The topological polar surface area (TPSA) is 59.8 Å². The first-order chi connectivity index (χ1) is 13.9. The van der Waals surface area contributed by atoms with Crippen LogP contribution in [0, 0.1) is 26.6 Å². The first kappa shape index (κ1) is 19.0. The van der Waals surface area contributed by atoms with E-state index in [1.165, 1.54) is 23.5 Å². The van der Waals surface area contributed by atoms with E-state index in [-0.39, 0.29) is 11.7 Å². The highest BCUT2D eigenvalue weighted by atomic mass is 32.1. The van der Waals surface area contributed by atoms with Crippen molar-refractivity contribution in [2.24, 2.45) is 0 Å². The molecule has 1 N–H and O–H groups in total. The van der Waals surface area contributed by atoms with Crippen molar-refractivity contribution < 1.29 is 9.18 Å². The highest BCUT2D eigenvalue weighted by molar-refractivity contribution is 7.14. The number of anilines is 1. The highest BCUT2D eigenvalue weighted by Crippen LogP contribution is 2.31. The minimum atomic E-state index is -0.264. The van der Waals surface area contributed by atoms with Gasteiger partial charge in [0.2, 0.25) is 0 Å². The predicted octanol–water partition coefficient (Wildman–Crippen LogP) is 5.31. The quantitative estimate of drug-likeness (QED) is 0.499. The van der Waals surface area contributed by atoms with Crippen molar-refractivity contribution in [3.05, 3.63) is 82.5 Å². The van der Waals surface area contributed by atoms with Crippen LogP contribution in [0.25, 0.3) is 16.9 Å². The fourth-order valence-electron chi connectivity index (χ4n) is 3.24. The number of thiazole rings is 1. The summed E-state index contributed by atoms with van der Waals surface area (Å²) >= 11 is 1.37. The van der Waals surface area contributed by atoms with Crippen molar-refractivity contribution in [3.8, 4) is 16.9 Å². The summed E-state index contributed by atoms with van der Waals surface area (Å²) in [5, 5.41) is 5.27. The number of hydrogen-bond donors (Lipinski definition) is 1. The first-order valence-electron chi connectivity index (χ1n) is 9.07. The van der Waals surface area contributed by atoms with E-state index in [0.717, 1.165) is 34.0 Å². The number of aromatic nitrogens is 3. The zero-order chi connectivity index (χ0) is 20.5. The Hall–Kier alpha value is -3.32. The molecule has 0 radical (unpaired) electrons. The Kier molecular flexibility index (Phi) is 4.98. The number of hydrogen-bond acceptors (Lipinski definition) is 4. The maximum absolute atomic E-state index is 13.3. The first-order valence-corrected chi connectivity index (χ1v) is 9.95. The molecule has 146 valence electrons. The van der Waals surface area contributed by atoms with Gasteiger partial charge in [0.25, 0.3) is 5.91 Å². The van der Waals surface area contributed by atoms with Crippen LogP contribution in [-0.4, -0.2) is 20.4 Å². The van der Waals surface area contributed by atoms with Crippen LogP contribution in [0.2, 0.25) is 0 Å². The summed E-state index contributed by atoms with van der Waals surface area (Å²) in [4.78, 5) is 21.1. The Morgan fingerprint density at radius 2 is 1.86 bits per heavy atom. The zero-order valence-corrected chi connectivity index (χ0v) is 17.0. The van der Waals surface area contributed by atoms with Gasteiger partial charge in [-0.05, 0) is 63.2 Å². The molecule has 0 aliphatic rings. The van der Waals surface area contributed by atoms with Crippen LogP contribution in [0.15, 0.2) is 54.0 Å². The van der Waals surface area contributed by atoms with Crippen LogP contribution in [0.5, 0.6) is 0 Å². The van der Waals surface area contributed by atoms with Crippen molar-refractivity contribution in [1.29, 1.82) is 0 Å². The molecule has 7 heteroatoms. The summed E-state index contributed by atoms with van der Waals surface area (Å²) in [6, 6.07) is 12.0. The van der Waals surface area contributed by atoms with Crippen LogP contribution >= 0.6 is 11.3 Å². The van der Waals surface area contributed by atoms with Crippen molar-refractivity contribution in [3.63, 3.8) is 0 Å². The van der Waals surface area contributed by atoms with Crippen molar-refractivity contribution in [2.75, 3.05) is 5.32 Å². The molecule has 0 unspecified atom stereocenters. The second-order valence-electron chi connectivity index (χ2n) is 6.78. The number of aryl methyl sites for hydroxylation is 2. The van der Waals surface area contributed by atoms with E-state index in [4.69, 9.17) is 0 Å². The number of nitrogens with one attached hydrogen (secondary N) is 1. The molecule has 0 bridgehead atoms. The van der Waals surface area contributed by atoms with Gasteiger partial charge in [-0.25, -0.2) is 9.37 Å². The molecule has 0 saturated carbocycles. The third kappa shape index (κ3) is 3.82. The van der Waals surface area contributed by atoms with Crippen LogP contribution in [0.1, 0.15) is 27.4 Å². The largest absolute Gasteiger partial charge is 0.318 e. The normalized spacial score (nSPS) is 10.9. The molecule has 5 nitrogen and oxygen atoms in total. The number of pyridine rings is 1. The lowest BCUT2D eigenvalue weighted by Gasteiger charge is -2.09. The van der Waals surface area contributed by atoms with E-state index in [9.17, 15) is 9.18 Å². The Morgan fingerprint density at radius 1 is 1.10 bits per heavy atom. The van der Waals surface area contributed by atoms with Gasteiger partial charge < -0.3 is 4.57 Å². The zero-order valence-electron chi connectivity index (χ0n) is 16.2. The van der Waals surface area contributed by atoms with E-state index >= 15 is 0 Å². The standard InChI is InChI=1S/C22H19FN4OS/c1-13-4-5-16(11-24-13)21(28)26-22-25-20(12-29-22)19-10-14(2)27(15(19)3)18-8-6-17(23)7-9-18/h4-12H,1-3H3,(H,25,26,28). The minimum absolute atomic E-state index is 0.241. The van der Waals surface area contributed by atoms with E-state index in [2.05, 4.69) is 19.9 Å². The minimum Gasteiger partial charge on any atom is -0.318 e. The summed E-state index contributed by atoms with van der Waals surface area (Å²) in [5.74, 6) is -0.504. The molecule has 4 rings (SSSR count). The van der Waals surface area contributed by atoms with Crippen LogP contribution in [-0.2, 0) is 0 Å². The molecule has 0 saturated heterocycles.